The van der Waals surface area contributed by atoms with Gasteiger partial charge in [0, 0.05) is 5.92 Å². The third-order valence-corrected chi connectivity index (χ3v) is 5.34. The Balaban J connectivity index is 1.68. The Bertz CT molecular complexity index is 737. The van der Waals surface area contributed by atoms with Gasteiger partial charge in [0.25, 0.3) is 0 Å². The molecule has 1 heterocycles. The lowest BCUT2D eigenvalue weighted by Gasteiger charge is -2.27. The van der Waals surface area contributed by atoms with Crippen LogP contribution in [0.4, 0.5) is 0 Å². The summed E-state index contributed by atoms with van der Waals surface area (Å²) in [7, 11) is 0. The number of halogens is 1. The number of hydrogen-bond donors (Lipinski definition) is 0. The lowest BCUT2D eigenvalue weighted by atomic mass is 9.78. The van der Waals surface area contributed by atoms with E-state index in [0.29, 0.717) is 12.0 Å². The summed E-state index contributed by atoms with van der Waals surface area (Å²) in [5, 5.41) is 4.84. The van der Waals surface area contributed by atoms with E-state index in [4.69, 9.17) is 5.10 Å². The molecule has 0 spiro atoms. The molecule has 2 aromatic rings. The molecule has 1 fully saturated rings. The Labute approximate surface area is 145 Å². The lowest BCUT2D eigenvalue weighted by Crippen LogP contribution is -2.25. The van der Waals surface area contributed by atoms with Gasteiger partial charge in [-0.25, -0.2) is 4.03 Å². The summed E-state index contributed by atoms with van der Waals surface area (Å²) in [5.41, 5.74) is 5.23. The molecule has 0 unspecified atom stereocenters. The minimum Gasteiger partial charge on any atom is -0.222 e. The molecule has 2 nitrogen and oxygen atoms in total. The summed E-state index contributed by atoms with van der Waals surface area (Å²) in [6.07, 6.45) is 5.85. The van der Waals surface area contributed by atoms with Crippen LogP contribution in [0.3, 0.4) is 0 Å². The Hall–Kier alpha value is -1.87. The van der Waals surface area contributed by atoms with Crippen molar-refractivity contribution in [1.29, 1.82) is 0 Å². The number of allylic oxidation sites excluding steroid dienone is 1. The normalized spacial score (nSPS) is 25.3. The molecule has 1 saturated carbocycles. The van der Waals surface area contributed by atoms with E-state index in [1.54, 1.807) is 0 Å². The molecule has 23 heavy (non-hydrogen) atoms. The number of hydrazone groups is 1. The van der Waals surface area contributed by atoms with Crippen LogP contribution >= 0.6 is 16.1 Å². The van der Waals surface area contributed by atoms with Crippen LogP contribution in [-0.2, 0) is 0 Å². The molecule has 1 aliphatic carbocycles. The summed E-state index contributed by atoms with van der Waals surface area (Å²) in [5.74, 6) is 0.473. The molecule has 1 aliphatic heterocycles. The summed E-state index contributed by atoms with van der Waals surface area (Å²) in [4.78, 5) is 0. The van der Waals surface area contributed by atoms with Gasteiger partial charge >= 0.3 is 0 Å². The second kappa shape index (κ2) is 6.32. The highest BCUT2D eigenvalue weighted by atomic mass is 79.9. The van der Waals surface area contributed by atoms with E-state index < -0.39 is 0 Å². The van der Waals surface area contributed by atoms with Gasteiger partial charge in [-0.2, -0.15) is 5.10 Å². The fourth-order valence-corrected chi connectivity index (χ4v) is 4.37. The molecular formula is C20H19BrN2. The molecule has 0 aromatic heterocycles. The van der Waals surface area contributed by atoms with Crippen molar-refractivity contribution in [2.24, 2.45) is 11.0 Å². The first-order valence-electron chi connectivity index (χ1n) is 8.17. The molecule has 0 N–H and O–H groups in total. The van der Waals surface area contributed by atoms with Crippen molar-refractivity contribution in [2.75, 3.05) is 0 Å². The maximum Gasteiger partial charge on any atom is 0.0927 e. The molecule has 0 bridgehead atoms. The SMILES string of the molecule is BrN1N=C2/C(=C/c3ccccc3)CCC[C@@H]2[C@H]1c1ccccc1. The van der Waals surface area contributed by atoms with E-state index in [2.05, 4.69) is 82.9 Å². The van der Waals surface area contributed by atoms with Crippen molar-refractivity contribution in [3.8, 4) is 0 Å². The highest BCUT2D eigenvalue weighted by Crippen LogP contribution is 2.45. The molecule has 3 heteroatoms. The van der Waals surface area contributed by atoms with Crippen LogP contribution in [0.1, 0.15) is 36.4 Å². The Morgan fingerprint density at radius 3 is 2.43 bits per heavy atom. The fourth-order valence-electron chi connectivity index (χ4n) is 3.68. The van der Waals surface area contributed by atoms with E-state index in [9.17, 15) is 0 Å². The highest BCUT2D eigenvalue weighted by molar-refractivity contribution is 9.07. The van der Waals surface area contributed by atoms with Gasteiger partial charge in [0.15, 0.2) is 0 Å². The first-order chi connectivity index (χ1) is 11.3. The van der Waals surface area contributed by atoms with Gasteiger partial charge in [0.2, 0.25) is 0 Å². The number of nitrogens with zero attached hydrogens (tertiary/aromatic N) is 2. The van der Waals surface area contributed by atoms with E-state index >= 15 is 0 Å². The van der Waals surface area contributed by atoms with Crippen molar-refractivity contribution in [3.05, 3.63) is 77.4 Å². The van der Waals surface area contributed by atoms with Crippen LogP contribution in [0, 0.1) is 5.92 Å². The van der Waals surface area contributed by atoms with E-state index in [0.717, 1.165) is 6.42 Å². The van der Waals surface area contributed by atoms with Crippen LogP contribution in [-0.4, -0.2) is 9.75 Å². The number of benzene rings is 2. The van der Waals surface area contributed by atoms with Crippen LogP contribution in [0.5, 0.6) is 0 Å². The minimum absolute atomic E-state index is 0.297. The fraction of sp³-hybridized carbons (Fsp3) is 0.250. The van der Waals surface area contributed by atoms with Gasteiger partial charge in [-0.05, 0) is 42.0 Å². The molecule has 2 atom stereocenters. The van der Waals surface area contributed by atoms with Gasteiger partial charge < -0.3 is 0 Å². The minimum atomic E-state index is 0.297. The predicted molar refractivity (Wildman–Crippen MR) is 99.1 cm³/mol. The maximum atomic E-state index is 4.84. The van der Waals surface area contributed by atoms with Gasteiger partial charge in [0.05, 0.1) is 27.9 Å². The Kier molecular flexibility index (Phi) is 4.04. The number of rotatable bonds is 2. The summed E-state index contributed by atoms with van der Waals surface area (Å²) in [6, 6.07) is 21.5. The predicted octanol–water partition coefficient (Wildman–Crippen LogP) is 5.59. The van der Waals surface area contributed by atoms with Crippen molar-refractivity contribution in [1.82, 2.24) is 4.03 Å². The largest absolute Gasteiger partial charge is 0.222 e. The zero-order chi connectivity index (χ0) is 15.6. The monoisotopic (exact) mass is 366 g/mol. The van der Waals surface area contributed by atoms with Crippen LogP contribution in [0.15, 0.2) is 71.3 Å². The van der Waals surface area contributed by atoms with Crippen molar-refractivity contribution < 1.29 is 0 Å². The van der Waals surface area contributed by atoms with Gasteiger partial charge in [-0.3, -0.25) is 0 Å². The third kappa shape index (κ3) is 2.86. The highest BCUT2D eigenvalue weighted by Gasteiger charge is 2.40. The average molecular weight is 367 g/mol. The smallest absolute Gasteiger partial charge is 0.0927 e. The zero-order valence-electron chi connectivity index (χ0n) is 12.9. The molecule has 0 saturated heterocycles. The first-order valence-corrected chi connectivity index (χ1v) is 8.88. The van der Waals surface area contributed by atoms with Crippen LogP contribution in [0.25, 0.3) is 6.08 Å². The topological polar surface area (TPSA) is 15.6 Å². The zero-order valence-corrected chi connectivity index (χ0v) is 14.5. The van der Waals surface area contributed by atoms with Crippen molar-refractivity contribution in [2.45, 2.75) is 25.3 Å². The second-order valence-corrected chi connectivity index (χ2v) is 6.94. The van der Waals surface area contributed by atoms with Gasteiger partial charge in [-0.15, -0.1) is 0 Å². The van der Waals surface area contributed by atoms with E-state index in [1.807, 2.05) is 4.03 Å². The summed E-state index contributed by atoms with van der Waals surface area (Å²) >= 11 is 3.66. The molecule has 4 rings (SSSR count). The van der Waals surface area contributed by atoms with E-state index in [1.165, 1.54) is 35.3 Å². The standard InChI is InChI=1S/C20H19BrN2/c21-23-20(16-10-5-2-6-11-16)18-13-7-12-17(19(18)22-23)14-15-8-3-1-4-9-15/h1-6,8-11,14,18,20H,7,12-13H2/b17-14+/t18-,20+/m0/s1. The third-order valence-electron chi connectivity index (χ3n) is 4.74. The van der Waals surface area contributed by atoms with Gasteiger partial charge in [0.1, 0.15) is 0 Å². The Morgan fingerprint density at radius 1 is 1.00 bits per heavy atom. The van der Waals surface area contributed by atoms with Crippen molar-refractivity contribution >= 4 is 27.9 Å². The summed E-state index contributed by atoms with van der Waals surface area (Å²) in [6.45, 7) is 0. The first kappa shape index (κ1) is 14.7. The van der Waals surface area contributed by atoms with Crippen molar-refractivity contribution in [3.63, 3.8) is 0 Å². The lowest BCUT2D eigenvalue weighted by molar-refractivity contribution is 0.349. The molecule has 0 amide bonds. The van der Waals surface area contributed by atoms with Crippen LogP contribution < -0.4 is 0 Å². The van der Waals surface area contributed by atoms with E-state index in [-0.39, 0.29) is 0 Å². The molecule has 2 aromatic carbocycles. The molecule has 116 valence electrons. The molecular weight excluding hydrogens is 348 g/mol. The maximum absolute atomic E-state index is 4.84. The Morgan fingerprint density at radius 2 is 1.70 bits per heavy atom. The molecule has 2 aliphatic rings. The second-order valence-electron chi connectivity index (χ2n) is 6.21. The summed E-state index contributed by atoms with van der Waals surface area (Å²) < 4.78 is 1.98. The van der Waals surface area contributed by atoms with Gasteiger partial charge in [-0.1, -0.05) is 60.7 Å². The quantitative estimate of drug-likeness (QED) is 0.632. The number of fused-ring (bicyclic) bond motifs is 1. The molecule has 0 radical (unpaired) electrons. The average Bonchev–Trinajstić information content (AvgIpc) is 2.94. The number of hydrogen-bond acceptors (Lipinski definition) is 2. The van der Waals surface area contributed by atoms with Crippen LogP contribution in [0.2, 0.25) is 0 Å².